The van der Waals surface area contributed by atoms with Gasteiger partial charge in [-0.05, 0) is 18.2 Å². The molecule has 0 amide bonds. The molecule has 2 aromatic carbocycles. The maximum absolute atomic E-state index is 12.7. The van der Waals surface area contributed by atoms with E-state index in [9.17, 15) is 55.9 Å². The third-order valence-corrected chi connectivity index (χ3v) is 7.24. The number of hydrogen-bond donors (Lipinski definition) is 10. The van der Waals surface area contributed by atoms with Gasteiger partial charge in [0.15, 0.2) is 23.2 Å². The number of fused-ring (bicyclic) bond motifs is 1. The van der Waals surface area contributed by atoms with E-state index in [1.807, 2.05) is 0 Å². The zero-order valence-corrected chi connectivity index (χ0v) is 22.1. The van der Waals surface area contributed by atoms with E-state index in [-0.39, 0.29) is 28.0 Å². The van der Waals surface area contributed by atoms with E-state index in [1.54, 1.807) is 0 Å². The summed E-state index contributed by atoms with van der Waals surface area (Å²) >= 11 is 0. The highest BCUT2D eigenvalue weighted by Crippen LogP contribution is 2.35. The Labute approximate surface area is 241 Å². The third-order valence-electron chi connectivity index (χ3n) is 7.24. The fourth-order valence-electron chi connectivity index (χ4n) is 4.81. The quantitative estimate of drug-likeness (QED) is 0.125. The van der Waals surface area contributed by atoms with Crippen LogP contribution >= 0.6 is 0 Å². The van der Waals surface area contributed by atoms with Gasteiger partial charge in [-0.25, -0.2) is 0 Å². The molecule has 10 atom stereocenters. The van der Waals surface area contributed by atoms with Crippen molar-refractivity contribution in [2.75, 3.05) is 13.2 Å². The molecule has 43 heavy (non-hydrogen) atoms. The van der Waals surface area contributed by atoms with Crippen molar-refractivity contribution >= 4 is 11.0 Å². The van der Waals surface area contributed by atoms with Gasteiger partial charge in [-0.15, -0.1) is 0 Å². The molecule has 2 aliphatic heterocycles. The maximum Gasteiger partial charge on any atom is 0.229 e. The van der Waals surface area contributed by atoms with Crippen molar-refractivity contribution in [2.45, 2.75) is 61.4 Å². The second kappa shape index (κ2) is 12.2. The van der Waals surface area contributed by atoms with E-state index >= 15 is 0 Å². The summed E-state index contributed by atoms with van der Waals surface area (Å²) in [4.78, 5) is 12.7. The van der Waals surface area contributed by atoms with Crippen molar-refractivity contribution in [3.8, 4) is 34.3 Å². The molecule has 1 aromatic heterocycles. The van der Waals surface area contributed by atoms with Crippen molar-refractivity contribution in [2.24, 2.45) is 0 Å². The van der Waals surface area contributed by atoms with Crippen LogP contribution in [0.1, 0.15) is 0 Å². The third kappa shape index (κ3) is 5.98. The van der Waals surface area contributed by atoms with Crippen molar-refractivity contribution < 1.29 is 74.4 Å². The standard InChI is InChI=1S/C27H30O16/c28-7-17-20(33)22(35)24(37)26(42-17)39-8-18-21(34)23(36)25(38)27(43-18)40-10-4-13(31)19-14(32)6-15(41-16(19)5-10)9-1-2-11(29)12(30)3-9/h1-6,17-18,20-31,33-38H,7-8H2/t17-,18-,20+,21+,22-,23-,24-,25-,26+,27-/m1/s1. The van der Waals surface area contributed by atoms with Gasteiger partial charge in [-0.1, -0.05) is 0 Å². The first-order valence-corrected chi connectivity index (χ1v) is 13.0. The van der Waals surface area contributed by atoms with Crippen LogP contribution in [-0.4, -0.2) is 126 Å². The Balaban J connectivity index is 1.36. The van der Waals surface area contributed by atoms with Crippen LogP contribution in [0.2, 0.25) is 0 Å². The van der Waals surface area contributed by atoms with Gasteiger partial charge in [0, 0.05) is 23.8 Å². The number of phenolic OH excluding ortho intramolecular Hbond substituents is 3. The van der Waals surface area contributed by atoms with E-state index in [1.165, 1.54) is 18.2 Å². The van der Waals surface area contributed by atoms with Gasteiger partial charge < -0.3 is 74.4 Å². The monoisotopic (exact) mass is 610 g/mol. The van der Waals surface area contributed by atoms with Crippen LogP contribution in [0.15, 0.2) is 45.6 Å². The molecule has 0 spiro atoms. The number of aliphatic hydroxyl groups is 7. The molecule has 3 heterocycles. The lowest BCUT2D eigenvalue weighted by Gasteiger charge is -2.42. The lowest BCUT2D eigenvalue weighted by atomic mass is 9.98. The Hall–Kier alpha value is -3.55. The van der Waals surface area contributed by atoms with Gasteiger partial charge in [0.25, 0.3) is 0 Å². The summed E-state index contributed by atoms with van der Waals surface area (Å²) in [6.45, 7) is -1.29. The molecule has 0 unspecified atom stereocenters. The molecule has 2 aliphatic rings. The molecule has 5 rings (SSSR count). The van der Waals surface area contributed by atoms with Gasteiger partial charge >= 0.3 is 0 Å². The minimum absolute atomic E-state index is 0.0257. The number of phenols is 3. The zero-order valence-electron chi connectivity index (χ0n) is 22.1. The van der Waals surface area contributed by atoms with Crippen molar-refractivity contribution in [3.05, 3.63) is 46.6 Å². The molecule has 16 nitrogen and oxygen atoms in total. The Kier molecular flexibility index (Phi) is 8.77. The van der Waals surface area contributed by atoms with Crippen LogP contribution in [0.5, 0.6) is 23.0 Å². The summed E-state index contributed by atoms with van der Waals surface area (Å²) in [5.41, 5.74) is -0.588. The second-order valence-electron chi connectivity index (χ2n) is 10.2. The lowest BCUT2D eigenvalue weighted by Crippen LogP contribution is -2.62. The minimum atomic E-state index is -1.83. The van der Waals surface area contributed by atoms with E-state index in [0.29, 0.717) is 0 Å². The average molecular weight is 611 g/mol. The van der Waals surface area contributed by atoms with Crippen molar-refractivity contribution in [3.63, 3.8) is 0 Å². The Morgan fingerprint density at radius 2 is 1.35 bits per heavy atom. The summed E-state index contributed by atoms with van der Waals surface area (Å²) in [7, 11) is 0. The largest absolute Gasteiger partial charge is 0.507 e. The van der Waals surface area contributed by atoms with E-state index in [0.717, 1.165) is 18.2 Å². The molecule has 0 radical (unpaired) electrons. The number of rotatable bonds is 7. The Bertz CT molecular complexity index is 1510. The first kappa shape index (κ1) is 30.9. The lowest BCUT2D eigenvalue weighted by molar-refractivity contribution is -0.323. The van der Waals surface area contributed by atoms with Crippen molar-refractivity contribution in [1.29, 1.82) is 0 Å². The average Bonchev–Trinajstić information content (AvgIpc) is 2.97. The summed E-state index contributed by atoms with van der Waals surface area (Å²) in [6.07, 6.45) is -16.4. The van der Waals surface area contributed by atoms with Gasteiger partial charge in [-0.3, -0.25) is 4.79 Å². The number of benzene rings is 2. The predicted octanol–water partition coefficient (Wildman–Crippen LogP) is -2.42. The van der Waals surface area contributed by atoms with Gasteiger partial charge in [0.05, 0.1) is 13.2 Å². The van der Waals surface area contributed by atoms with E-state index in [4.69, 9.17) is 23.4 Å². The summed E-state index contributed by atoms with van der Waals surface area (Å²) in [5.74, 6) is -1.64. The molecule has 16 heteroatoms. The van der Waals surface area contributed by atoms with Gasteiger partial charge in [0.1, 0.15) is 77.1 Å². The maximum atomic E-state index is 12.7. The number of aromatic hydroxyl groups is 3. The number of aliphatic hydroxyl groups excluding tert-OH is 7. The minimum Gasteiger partial charge on any atom is -0.507 e. The summed E-state index contributed by atoms with van der Waals surface area (Å²) in [5, 5.41) is 100. The summed E-state index contributed by atoms with van der Waals surface area (Å²) < 4.78 is 27.6. The van der Waals surface area contributed by atoms with Crippen molar-refractivity contribution in [1.82, 2.24) is 0 Å². The molecule has 0 bridgehead atoms. The highest BCUT2D eigenvalue weighted by Gasteiger charge is 2.48. The Morgan fingerprint density at radius 3 is 2.02 bits per heavy atom. The molecule has 2 saturated heterocycles. The van der Waals surface area contributed by atoms with E-state index < -0.39 is 97.3 Å². The fraction of sp³-hybridized carbons (Fsp3) is 0.444. The Morgan fingerprint density at radius 1 is 0.698 bits per heavy atom. The summed E-state index contributed by atoms with van der Waals surface area (Å²) in [6, 6.07) is 7.01. The van der Waals surface area contributed by atoms with Crippen LogP contribution in [0.4, 0.5) is 0 Å². The first-order chi connectivity index (χ1) is 20.4. The van der Waals surface area contributed by atoms with Crippen LogP contribution in [0.25, 0.3) is 22.3 Å². The van der Waals surface area contributed by atoms with Crippen LogP contribution in [0.3, 0.4) is 0 Å². The predicted molar refractivity (Wildman–Crippen MR) is 140 cm³/mol. The molecule has 234 valence electrons. The molecule has 0 aliphatic carbocycles. The SMILES string of the molecule is O=c1cc(-c2ccc(O)c(O)c2)oc2cc(O[C@@H]3O[C@H](CO[C@H]4O[C@H](CO)[C@H](O)[C@@H](O)[C@H]4O)[C@H](O)[C@@H](O)[C@H]3O)cc(O)c12. The molecule has 10 N–H and O–H groups in total. The highest BCUT2D eigenvalue weighted by atomic mass is 16.7. The topological polar surface area (TPSA) is 269 Å². The first-order valence-electron chi connectivity index (χ1n) is 13.0. The van der Waals surface area contributed by atoms with Gasteiger partial charge in [-0.2, -0.15) is 0 Å². The molecule has 2 fully saturated rings. The molecular weight excluding hydrogens is 580 g/mol. The van der Waals surface area contributed by atoms with Crippen LogP contribution in [0, 0.1) is 0 Å². The zero-order chi connectivity index (χ0) is 31.2. The smallest absolute Gasteiger partial charge is 0.229 e. The van der Waals surface area contributed by atoms with Gasteiger partial charge in [0.2, 0.25) is 6.29 Å². The van der Waals surface area contributed by atoms with Crippen LogP contribution in [-0.2, 0) is 14.2 Å². The fourth-order valence-corrected chi connectivity index (χ4v) is 4.81. The van der Waals surface area contributed by atoms with Crippen LogP contribution < -0.4 is 10.2 Å². The number of hydrogen-bond acceptors (Lipinski definition) is 16. The number of ether oxygens (including phenoxy) is 4. The highest BCUT2D eigenvalue weighted by molar-refractivity contribution is 5.86. The molecule has 3 aromatic rings. The normalized spacial score (nSPS) is 33.0. The molecular formula is C27H30O16. The molecule has 0 saturated carbocycles. The second-order valence-corrected chi connectivity index (χ2v) is 10.2. The van der Waals surface area contributed by atoms with E-state index in [2.05, 4.69) is 0 Å².